The zero-order chi connectivity index (χ0) is 36.2. The fourth-order valence-electron chi connectivity index (χ4n) is 5.97. The molecule has 5 rings (SSSR count). The third kappa shape index (κ3) is 10.8. The number of anilines is 1. The second-order valence-electron chi connectivity index (χ2n) is 12.4. The molecular weight excluding hydrogens is 689 g/mol. The fourth-order valence-corrected chi connectivity index (χ4v) is 6.66. The highest BCUT2D eigenvalue weighted by Gasteiger charge is 2.29. The lowest BCUT2D eigenvalue weighted by atomic mass is 9.95. The highest BCUT2D eigenvalue weighted by molar-refractivity contribution is 8.09. The summed E-state index contributed by atoms with van der Waals surface area (Å²) in [6, 6.07) is 21.9. The van der Waals surface area contributed by atoms with Crippen LogP contribution in [0, 0.1) is 0 Å². The van der Waals surface area contributed by atoms with Crippen molar-refractivity contribution >= 4 is 41.8 Å². The van der Waals surface area contributed by atoms with Crippen molar-refractivity contribution < 1.29 is 33.6 Å². The number of unbranched alkanes of at least 4 members (excludes halogenated alkanes) is 4. The molecule has 1 aromatic heterocycles. The van der Waals surface area contributed by atoms with Crippen LogP contribution in [0.15, 0.2) is 72.8 Å². The number of nitrogens with one attached hydrogen (secondary N) is 1. The zero-order valence-electron chi connectivity index (χ0n) is 28.7. The lowest BCUT2D eigenvalue weighted by Gasteiger charge is -2.29. The monoisotopic (exact) mass is 733 g/mol. The molecule has 51 heavy (non-hydrogen) atoms. The Morgan fingerprint density at radius 1 is 0.882 bits per heavy atom. The molecule has 1 unspecified atom stereocenters. The van der Waals surface area contributed by atoms with Crippen LogP contribution < -0.4 is 15.0 Å². The zero-order valence-corrected chi connectivity index (χ0v) is 30.4. The van der Waals surface area contributed by atoms with Gasteiger partial charge in [-0.05, 0) is 73.4 Å². The number of carbonyl (C=O) groups is 3. The molecule has 0 saturated carbocycles. The van der Waals surface area contributed by atoms with Crippen molar-refractivity contribution in [3.05, 3.63) is 83.9 Å². The second-order valence-corrected chi connectivity index (χ2v) is 16.3. The van der Waals surface area contributed by atoms with E-state index in [2.05, 4.69) is 15.6 Å². The van der Waals surface area contributed by atoms with Gasteiger partial charge in [0.15, 0.2) is 6.49 Å². The van der Waals surface area contributed by atoms with Gasteiger partial charge in [-0.1, -0.05) is 60.5 Å². The predicted molar refractivity (Wildman–Crippen MR) is 199 cm³/mol. The van der Waals surface area contributed by atoms with Crippen molar-refractivity contribution in [2.45, 2.75) is 64.5 Å². The van der Waals surface area contributed by atoms with E-state index in [4.69, 9.17) is 21.1 Å². The molecular formula is C37H44N5O7PS. The van der Waals surface area contributed by atoms with E-state index in [9.17, 15) is 24.4 Å². The van der Waals surface area contributed by atoms with Crippen LogP contribution in [0.4, 0.5) is 5.69 Å². The standard InChI is InChI=1S/C37H44N5O7PS/c1-50(47,51)49-24-11-3-2-10-22-38-33(43)16-8-9-17-34(44)41-26-28-12-4-5-13-30(28)35-36(31-14-6-7-15-32(31)41)42(40-39-35)23-25-48-29-20-18-27(19-21-29)37(45)46/h4-7,12-15,18-21H,2-3,8-11,16-17,22-26H2,1H3,(H,38,43)(H,45,46)(H,47,51). The third-order valence-corrected chi connectivity index (χ3v) is 9.51. The summed E-state index contributed by atoms with van der Waals surface area (Å²) in [6.45, 7) is 1.01. The molecule has 1 aliphatic rings. The molecule has 14 heteroatoms. The molecule has 4 aromatic rings. The van der Waals surface area contributed by atoms with E-state index in [1.165, 1.54) is 12.1 Å². The van der Waals surface area contributed by atoms with Crippen LogP contribution in [0.25, 0.3) is 22.5 Å². The van der Waals surface area contributed by atoms with Crippen LogP contribution in [0.5, 0.6) is 5.75 Å². The number of fused-ring (bicyclic) bond motifs is 5. The van der Waals surface area contributed by atoms with Crippen molar-refractivity contribution in [2.75, 3.05) is 31.3 Å². The summed E-state index contributed by atoms with van der Waals surface area (Å²) in [6.07, 6.45) is 5.42. The molecule has 1 aliphatic heterocycles. The van der Waals surface area contributed by atoms with Gasteiger partial charge in [0.2, 0.25) is 11.8 Å². The van der Waals surface area contributed by atoms with Crippen LogP contribution in [0.3, 0.4) is 0 Å². The average molecular weight is 734 g/mol. The van der Waals surface area contributed by atoms with Gasteiger partial charge in [-0.3, -0.25) is 9.59 Å². The van der Waals surface area contributed by atoms with Crippen molar-refractivity contribution in [2.24, 2.45) is 0 Å². The first kappa shape index (κ1) is 37.8. The van der Waals surface area contributed by atoms with E-state index in [0.29, 0.717) is 57.7 Å². The van der Waals surface area contributed by atoms with E-state index in [0.717, 1.165) is 59.4 Å². The molecule has 0 bridgehead atoms. The van der Waals surface area contributed by atoms with E-state index in [1.54, 1.807) is 23.5 Å². The summed E-state index contributed by atoms with van der Waals surface area (Å²) in [5, 5.41) is 21.2. The third-order valence-electron chi connectivity index (χ3n) is 8.53. The number of aromatic carboxylic acids is 1. The maximum atomic E-state index is 13.9. The number of carboxylic acid groups (broad SMARTS) is 1. The summed E-state index contributed by atoms with van der Waals surface area (Å²) >= 11 is 4.87. The number of aromatic nitrogens is 3. The van der Waals surface area contributed by atoms with Crippen molar-refractivity contribution in [1.29, 1.82) is 0 Å². The van der Waals surface area contributed by atoms with Gasteiger partial charge in [-0.15, -0.1) is 5.10 Å². The molecule has 0 spiro atoms. The van der Waals surface area contributed by atoms with E-state index >= 15 is 0 Å². The van der Waals surface area contributed by atoms with E-state index in [1.807, 2.05) is 53.4 Å². The first-order chi connectivity index (χ1) is 24.6. The molecule has 0 saturated heterocycles. The molecule has 0 radical (unpaired) electrons. The largest absolute Gasteiger partial charge is 0.492 e. The fraction of sp³-hybridized carbons (Fsp3) is 0.378. The number of hydrogen-bond acceptors (Lipinski definition) is 8. The number of rotatable bonds is 18. The number of carbonyl (C=O) groups excluding carboxylic acids is 2. The Balaban J connectivity index is 1.19. The van der Waals surface area contributed by atoms with Crippen LogP contribution in [0.2, 0.25) is 0 Å². The quantitative estimate of drug-likeness (QED) is 0.0771. The Hall–Kier alpha value is -4.42. The first-order valence-electron chi connectivity index (χ1n) is 17.2. The Bertz CT molecular complexity index is 1860. The molecule has 1 atom stereocenters. The molecule has 12 nitrogen and oxygen atoms in total. The summed E-state index contributed by atoms with van der Waals surface area (Å²) in [5.74, 6) is -0.502. The number of carboxylic acids is 1. The van der Waals surface area contributed by atoms with E-state index < -0.39 is 12.5 Å². The average Bonchev–Trinajstić information content (AvgIpc) is 3.52. The van der Waals surface area contributed by atoms with Gasteiger partial charge in [0, 0.05) is 37.2 Å². The van der Waals surface area contributed by atoms with Crippen LogP contribution >= 0.6 is 6.49 Å². The molecule has 3 aromatic carbocycles. The van der Waals surface area contributed by atoms with Gasteiger partial charge in [-0.25, -0.2) is 9.48 Å². The van der Waals surface area contributed by atoms with Gasteiger partial charge in [0.05, 0.1) is 36.6 Å². The van der Waals surface area contributed by atoms with Crippen molar-refractivity contribution in [3.63, 3.8) is 0 Å². The Kier molecular flexibility index (Phi) is 13.5. The van der Waals surface area contributed by atoms with Crippen LogP contribution in [0.1, 0.15) is 67.3 Å². The number of benzene rings is 3. The summed E-state index contributed by atoms with van der Waals surface area (Å²) in [5.41, 5.74) is 5.11. The molecule has 270 valence electrons. The van der Waals surface area contributed by atoms with Crippen molar-refractivity contribution in [3.8, 4) is 28.3 Å². The Morgan fingerprint density at radius 3 is 2.35 bits per heavy atom. The first-order valence-corrected chi connectivity index (χ1v) is 20.3. The van der Waals surface area contributed by atoms with Gasteiger partial charge in [-0.2, -0.15) is 0 Å². The van der Waals surface area contributed by atoms with Crippen LogP contribution in [-0.4, -0.2) is 69.2 Å². The number of para-hydroxylation sites is 1. The maximum absolute atomic E-state index is 13.9. The van der Waals surface area contributed by atoms with Crippen molar-refractivity contribution in [1.82, 2.24) is 20.3 Å². The molecule has 2 amide bonds. The Morgan fingerprint density at radius 2 is 1.59 bits per heavy atom. The molecule has 3 N–H and O–H groups in total. The topological polar surface area (TPSA) is 156 Å². The minimum absolute atomic E-state index is 0.0159. The maximum Gasteiger partial charge on any atom is 0.335 e. The van der Waals surface area contributed by atoms with E-state index in [-0.39, 0.29) is 24.0 Å². The van der Waals surface area contributed by atoms with Gasteiger partial charge >= 0.3 is 5.97 Å². The summed E-state index contributed by atoms with van der Waals surface area (Å²) in [4.78, 5) is 48.8. The second kappa shape index (κ2) is 18.2. The molecule has 0 fully saturated rings. The lowest BCUT2D eigenvalue weighted by molar-refractivity contribution is -0.122. The smallest absolute Gasteiger partial charge is 0.335 e. The lowest BCUT2D eigenvalue weighted by Crippen LogP contribution is -2.31. The summed E-state index contributed by atoms with van der Waals surface area (Å²) in [7, 11) is 0. The van der Waals surface area contributed by atoms with Gasteiger partial charge in [0.25, 0.3) is 0 Å². The number of amides is 2. The van der Waals surface area contributed by atoms with Gasteiger partial charge in [0.1, 0.15) is 18.1 Å². The SMILES string of the molecule is CP(O)(=S)OCCCCCCNC(=O)CCCCC(=O)N1Cc2ccccc2-c2nnn(CCOc3ccc(C(=O)O)cc3)c2-c2ccccc21. The number of ether oxygens (including phenoxy) is 1. The number of nitrogens with zero attached hydrogens (tertiary/aromatic N) is 4. The summed E-state index contributed by atoms with van der Waals surface area (Å²) < 4.78 is 12.9. The minimum Gasteiger partial charge on any atom is -0.492 e. The highest BCUT2D eigenvalue weighted by atomic mass is 32.5. The molecule has 0 aliphatic carbocycles. The van der Waals surface area contributed by atoms with Crippen LogP contribution in [-0.2, 0) is 39.0 Å². The Labute approximate surface area is 302 Å². The molecule has 2 heterocycles. The van der Waals surface area contributed by atoms with Gasteiger partial charge < -0.3 is 29.5 Å². The normalized spacial score (nSPS) is 13.2. The number of hydrogen-bond donors (Lipinski definition) is 3. The minimum atomic E-state index is -2.59. The highest BCUT2D eigenvalue weighted by Crippen LogP contribution is 2.41. The predicted octanol–water partition coefficient (Wildman–Crippen LogP) is 6.42.